The highest BCUT2D eigenvalue weighted by Crippen LogP contribution is 2.29. The minimum absolute atomic E-state index is 0. The Morgan fingerprint density at radius 3 is 2.44 bits per heavy atom. The van der Waals surface area contributed by atoms with Gasteiger partial charge >= 0.3 is 0 Å². The second-order valence-electron chi connectivity index (χ2n) is 4.49. The number of rotatable bonds is 4. The molecule has 0 saturated heterocycles. The van der Waals surface area contributed by atoms with Crippen molar-refractivity contribution >= 4 is 28.3 Å². The zero-order valence-electron chi connectivity index (χ0n) is 9.58. The van der Waals surface area contributed by atoms with E-state index in [1.165, 1.54) is 24.8 Å². The van der Waals surface area contributed by atoms with Crippen LogP contribution in [-0.4, -0.2) is 6.04 Å². The summed E-state index contributed by atoms with van der Waals surface area (Å²) in [4.78, 5) is 0. The molecule has 0 radical (unpaired) electrons. The summed E-state index contributed by atoms with van der Waals surface area (Å²) in [6.45, 7) is 3.30. The smallest absolute Gasteiger partial charge is 0.0208 e. The van der Waals surface area contributed by atoms with Crippen molar-refractivity contribution in [2.45, 2.75) is 38.8 Å². The van der Waals surface area contributed by atoms with E-state index in [4.69, 9.17) is 0 Å². The maximum absolute atomic E-state index is 3.60. The Morgan fingerprint density at radius 2 is 1.94 bits per heavy atom. The molecule has 1 aromatic carbocycles. The average Bonchev–Trinajstić information content (AvgIpc) is 2.14. The third kappa shape index (κ3) is 3.76. The van der Waals surface area contributed by atoms with Crippen LogP contribution in [0.2, 0.25) is 0 Å². The molecule has 1 aromatic rings. The van der Waals surface area contributed by atoms with Crippen LogP contribution in [0.1, 0.15) is 31.7 Å². The van der Waals surface area contributed by atoms with E-state index in [0.29, 0.717) is 6.04 Å². The molecule has 16 heavy (non-hydrogen) atoms. The van der Waals surface area contributed by atoms with Gasteiger partial charge in [0.1, 0.15) is 0 Å². The van der Waals surface area contributed by atoms with E-state index in [2.05, 4.69) is 52.4 Å². The molecular weight excluding hydrogens is 286 g/mol. The minimum atomic E-state index is 0. The van der Waals surface area contributed by atoms with Crippen LogP contribution in [0.15, 0.2) is 28.7 Å². The summed E-state index contributed by atoms with van der Waals surface area (Å²) in [6, 6.07) is 9.22. The summed E-state index contributed by atoms with van der Waals surface area (Å²) in [5.41, 5.74) is 1.37. The van der Waals surface area contributed by atoms with Crippen molar-refractivity contribution in [1.29, 1.82) is 0 Å². The molecule has 3 heteroatoms. The average molecular weight is 305 g/mol. The van der Waals surface area contributed by atoms with E-state index >= 15 is 0 Å². The molecule has 1 aliphatic carbocycles. The van der Waals surface area contributed by atoms with Gasteiger partial charge in [-0.1, -0.05) is 34.5 Å². The fourth-order valence-corrected chi connectivity index (χ4v) is 2.25. The third-order valence-electron chi connectivity index (χ3n) is 3.40. The van der Waals surface area contributed by atoms with Crippen LogP contribution >= 0.6 is 28.3 Å². The molecule has 90 valence electrons. The minimum Gasteiger partial charge on any atom is -0.310 e. The predicted octanol–water partition coefficient (Wildman–Crippen LogP) is 4.15. The van der Waals surface area contributed by atoms with E-state index in [-0.39, 0.29) is 12.4 Å². The Labute approximate surface area is 113 Å². The van der Waals surface area contributed by atoms with Crippen molar-refractivity contribution in [2.75, 3.05) is 0 Å². The molecule has 0 amide bonds. The molecule has 0 heterocycles. The summed E-state index contributed by atoms with van der Waals surface area (Å²) >= 11 is 3.45. The summed E-state index contributed by atoms with van der Waals surface area (Å²) < 4.78 is 1.15. The van der Waals surface area contributed by atoms with Gasteiger partial charge < -0.3 is 5.32 Å². The maximum atomic E-state index is 3.60. The topological polar surface area (TPSA) is 12.0 Å². The van der Waals surface area contributed by atoms with Crippen LogP contribution in [0.5, 0.6) is 0 Å². The first-order chi connectivity index (χ1) is 7.25. The molecule has 1 aliphatic rings. The van der Waals surface area contributed by atoms with Gasteiger partial charge in [0.2, 0.25) is 0 Å². The Hall–Kier alpha value is -0.0500. The summed E-state index contributed by atoms with van der Waals surface area (Å²) in [5.74, 6) is 0.917. The lowest BCUT2D eigenvalue weighted by Gasteiger charge is -2.32. The monoisotopic (exact) mass is 303 g/mol. The lowest BCUT2D eigenvalue weighted by atomic mass is 9.80. The zero-order chi connectivity index (χ0) is 10.7. The highest BCUT2D eigenvalue weighted by Gasteiger charge is 2.23. The molecule has 0 unspecified atom stereocenters. The molecular formula is C13H19BrClN. The van der Waals surface area contributed by atoms with Crippen LogP contribution in [-0.2, 0) is 6.54 Å². The van der Waals surface area contributed by atoms with Gasteiger partial charge in [-0.15, -0.1) is 12.4 Å². The normalized spacial score (nSPS) is 17.4. The van der Waals surface area contributed by atoms with Gasteiger partial charge in [-0.05, 0) is 43.4 Å². The second kappa shape index (κ2) is 6.63. The Kier molecular flexibility index (Phi) is 5.81. The lowest BCUT2D eigenvalue weighted by Crippen LogP contribution is -2.36. The van der Waals surface area contributed by atoms with Crippen molar-refractivity contribution in [2.24, 2.45) is 5.92 Å². The first-order valence-electron chi connectivity index (χ1n) is 5.73. The number of halogens is 2. The van der Waals surface area contributed by atoms with E-state index < -0.39 is 0 Å². The fourth-order valence-electron chi connectivity index (χ4n) is 1.99. The Morgan fingerprint density at radius 1 is 1.31 bits per heavy atom. The predicted molar refractivity (Wildman–Crippen MR) is 75.0 cm³/mol. The molecule has 0 bridgehead atoms. The van der Waals surface area contributed by atoms with Gasteiger partial charge in [0, 0.05) is 17.1 Å². The second-order valence-corrected chi connectivity index (χ2v) is 5.40. The Bertz CT molecular complexity index is 308. The first-order valence-corrected chi connectivity index (χ1v) is 6.53. The van der Waals surface area contributed by atoms with Gasteiger partial charge in [-0.25, -0.2) is 0 Å². The third-order valence-corrected chi connectivity index (χ3v) is 3.93. The van der Waals surface area contributed by atoms with Crippen molar-refractivity contribution in [3.63, 3.8) is 0 Å². The van der Waals surface area contributed by atoms with Gasteiger partial charge in [0.05, 0.1) is 0 Å². The number of nitrogens with one attached hydrogen (secondary N) is 1. The highest BCUT2D eigenvalue weighted by molar-refractivity contribution is 9.10. The summed E-state index contributed by atoms with van der Waals surface area (Å²) in [6.07, 6.45) is 4.25. The zero-order valence-corrected chi connectivity index (χ0v) is 12.0. The van der Waals surface area contributed by atoms with Crippen molar-refractivity contribution in [3.05, 3.63) is 34.3 Å². The molecule has 1 atom stereocenters. The SMILES string of the molecule is C[C@H](NCc1ccc(Br)cc1)C1CCC1.Cl. The molecule has 1 saturated carbocycles. The maximum Gasteiger partial charge on any atom is 0.0208 e. The van der Waals surface area contributed by atoms with Crippen LogP contribution in [0.3, 0.4) is 0 Å². The van der Waals surface area contributed by atoms with Crippen LogP contribution in [0, 0.1) is 5.92 Å². The molecule has 0 aromatic heterocycles. The highest BCUT2D eigenvalue weighted by atomic mass is 79.9. The Balaban J connectivity index is 0.00000128. The fraction of sp³-hybridized carbons (Fsp3) is 0.538. The van der Waals surface area contributed by atoms with Crippen LogP contribution in [0.25, 0.3) is 0 Å². The summed E-state index contributed by atoms with van der Waals surface area (Å²) in [7, 11) is 0. The van der Waals surface area contributed by atoms with Crippen molar-refractivity contribution in [3.8, 4) is 0 Å². The number of hydrogen-bond acceptors (Lipinski definition) is 1. The standard InChI is InChI=1S/C13H18BrN.ClH/c1-10(12-3-2-4-12)15-9-11-5-7-13(14)8-6-11;/h5-8,10,12,15H,2-4,9H2,1H3;1H/t10-;/m0./s1. The van der Waals surface area contributed by atoms with Gasteiger partial charge in [-0.2, -0.15) is 0 Å². The van der Waals surface area contributed by atoms with Gasteiger partial charge in [0.25, 0.3) is 0 Å². The number of hydrogen-bond donors (Lipinski definition) is 1. The molecule has 1 nitrogen and oxygen atoms in total. The molecule has 0 aliphatic heterocycles. The van der Waals surface area contributed by atoms with Gasteiger partial charge in [-0.3, -0.25) is 0 Å². The lowest BCUT2D eigenvalue weighted by molar-refractivity contribution is 0.240. The van der Waals surface area contributed by atoms with E-state index in [1.54, 1.807) is 0 Å². The molecule has 0 spiro atoms. The summed E-state index contributed by atoms with van der Waals surface area (Å²) in [5, 5.41) is 3.60. The van der Waals surface area contributed by atoms with E-state index in [0.717, 1.165) is 16.9 Å². The largest absolute Gasteiger partial charge is 0.310 e. The van der Waals surface area contributed by atoms with E-state index in [9.17, 15) is 0 Å². The van der Waals surface area contributed by atoms with Crippen LogP contribution < -0.4 is 5.32 Å². The molecule has 1 fully saturated rings. The van der Waals surface area contributed by atoms with E-state index in [1.807, 2.05) is 0 Å². The quantitative estimate of drug-likeness (QED) is 0.881. The first kappa shape index (κ1) is 14.0. The van der Waals surface area contributed by atoms with Gasteiger partial charge in [0.15, 0.2) is 0 Å². The van der Waals surface area contributed by atoms with Crippen molar-refractivity contribution < 1.29 is 0 Å². The van der Waals surface area contributed by atoms with Crippen molar-refractivity contribution in [1.82, 2.24) is 5.32 Å². The number of benzene rings is 1. The molecule has 1 N–H and O–H groups in total. The van der Waals surface area contributed by atoms with Crippen LogP contribution in [0.4, 0.5) is 0 Å². The molecule has 2 rings (SSSR count).